The van der Waals surface area contributed by atoms with Gasteiger partial charge in [0.15, 0.2) is 0 Å². The number of benzene rings is 2. The maximum atomic E-state index is 12.4. The first-order valence-electron chi connectivity index (χ1n) is 7.69. The van der Waals surface area contributed by atoms with Crippen LogP contribution in [0.5, 0.6) is 0 Å². The maximum absolute atomic E-state index is 12.4. The molecule has 3 nitrogen and oxygen atoms in total. The van der Waals surface area contributed by atoms with E-state index in [0.29, 0.717) is 10.6 Å². The van der Waals surface area contributed by atoms with Gasteiger partial charge in [-0.1, -0.05) is 36.7 Å². The minimum atomic E-state index is -0.153. The highest BCUT2D eigenvalue weighted by molar-refractivity contribution is 7.09. The Hall–Kier alpha value is -2.17. The highest BCUT2D eigenvalue weighted by Gasteiger charge is 2.10. The topological polar surface area (TPSA) is 42.0 Å². The quantitative estimate of drug-likeness (QED) is 0.662. The first-order chi connectivity index (χ1) is 11.6. The molecule has 3 rings (SSSR count). The third-order valence-corrected chi connectivity index (χ3v) is 5.22. The van der Waals surface area contributed by atoms with Crippen molar-refractivity contribution in [1.82, 2.24) is 4.98 Å². The van der Waals surface area contributed by atoms with Gasteiger partial charge in [-0.3, -0.25) is 4.79 Å². The summed E-state index contributed by atoms with van der Waals surface area (Å²) in [6, 6.07) is 12.9. The Morgan fingerprint density at radius 3 is 2.62 bits per heavy atom. The molecule has 1 N–H and O–H groups in total. The predicted molar refractivity (Wildman–Crippen MR) is 101 cm³/mol. The smallest absolute Gasteiger partial charge is 0.255 e. The van der Waals surface area contributed by atoms with E-state index < -0.39 is 0 Å². The Kier molecular flexibility index (Phi) is 4.97. The van der Waals surface area contributed by atoms with E-state index in [-0.39, 0.29) is 5.91 Å². The number of aromatic nitrogens is 1. The summed E-state index contributed by atoms with van der Waals surface area (Å²) in [5.41, 5.74) is 4.15. The monoisotopic (exact) mass is 356 g/mol. The van der Waals surface area contributed by atoms with Crippen LogP contribution in [0.4, 0.5) is 5.69 Å². The summed E-state index contributed by atoms with van der Waals surface area (Å²) in [7, 11) is 0. The van der Waals surface area contributed by atoms with Crippen LogP contribution in [0, 0.1) is 6.92 Å². The third kappa shape index (κ3) is 3.50. The summed E-state index contributed by atoms with van der Waals surface area (Å²) < 4.78 is 0. The summed E-state index contributed by atoms with van der Waals surface area (Å²) in [6.07, 6.45) is 0.935. The van der Waals surface area contributed by atoms with Crippen molar-refractivity contribution in [3.05, 3.63) is 69.0 Å². The number of hydrogen-bond acceptors (Lipinski definition) is 3. The van der Waals surface area contributed by atoms with Gasteiger partial charge in [-0.2, -0.15) is 0 Å². The molecule has 1 aromatic heterocycles. The Balaban J connectivity index is 1.77. The molecular formula is C19H17ClN2OS. The molecule has 0 fully saturated rings. The minimum absolute atomic E-state index is 0.153. The second-order valence-electron chi connectivity index (χ2n) is 5.42. The standard InChI is InChI=1S/C19H17ClN2OS/c1-3-18-21-17(11-24-18)13-7-9-14(10-8-13)19(23)22-16-6-4-5-15(20)12(16)2/h4-11H,3H2,1-2H3,(H,22,23). The van der Waals surface area contributed by atoms with E-state index in [1.54, 1.807) is 17.4 Å². The average Bonchev–Trinajstić information content (AvgIpc) is 3.08. The molecule has 1 heterocycles. The van der Waals surface area contributed by atoms with Crippen molar-refractivity contribution in [2.75, 3.05) is 5.32 Å². The van der Waals surface area contributed by atoms with Crippen LogP contribution in [0.3, 0.4) is 0 Å². The first kappa shape index (κ1) is 16.7. The number of thiazole rings is 1. The van der Waals surface area contributed by atoms with E-state index >= 15 is 0 Å². The molecule has 0 saturated carbocycles. The van der Waals surface area contributed by atoms with Gasteiger partial charge in [0.05, 0.1) is 10.7 Å². The zero-order valence-corrected chi connectivity index (χ0v) is 15.0. The van der Waals surface area contributed by atoms with Crippen LogP contribution >= 0.6 is 22.9 Å². The lowest BCUT2D eigenvalue weighted by Gasteiger charge is -2.09. The number of aryl methyl sites for hydroxylation is 1. The molecule has 24 heavy (non-hydrogen) atoms. The molecule has 5 heteroatoms. The van der Waals surface area contributed by atoms with Gasteiger partial charge in [-0.15, -0.1) is 11.3 Å². The van der Waals surface area contributed by atoms with Crippen LogP contribution in [-0.2, 0) is 6.42 Å². The zero-order chi connectivity index (χ0) is 17.1. The molecule has 2 aromatic carbocycles. The SMILES string of the molecule is CCc1nc(-c2ccc(C(=O)Nc3cccc(Cl)c3C)cc2)cs1. The molecule has 3 aromatic rings. The van der Waals surface area contributed by atoms with Gasteiger partial charge in [-0.05, 0) is 43.2 Å². The van der Waals surface area contributed by atoms with Gasteiger partial charge in [0.25, 0.3) is 5.91 Å². The van der Waals surface area contributed by atoms with Crippen LogP contribution in [-0.4, -0.2) is 10.9 Å². The van der Waals surface area contributed by atoms with Crippen molar-refractivity contribution >= 4 is 34.5 Å². The molecule has 1 amide bonds. The van der Waals surface area contributed by atoms with Gasteiger partial charge in [0.1, 0.15) is 0 Å². The van der Waals surface area contributed by atoms with E-state index in [2.05, 4.69) is 17.2 Å². The number of carbonyl (C=O) groups excluding carboxylic acids is 1. The molecule has 0 aliphatic carbocycles. The van der Waals surface area contributed by atoms with Crippen molar-refractivity contribution < 1.29 is 4.79 Å². The maximum Gasteiger partial charge on any atom is 0.255 e. The van der Waals surface area contributed by atoms with Crippen LogP contribution in [0.25, 0.3) is 11.3 Å². The van der Waals surface area contributed by atoms with Gasteiger partial charge in [-0.25, -0.2) is 4.98 Å². The highest BCUT2D eigenvalue weighted by Crippen LogP contribution is 2.25. The molecule has 0 unspecified atom stereocenters. The molecule has 122 valence electrons. The highest BCUT2D eigenvalue weighted by atomic mass is 35.5. The second-order valence-corrected chi connectivity index (χ2v) is 6.77. The van der Waals surface area contributed by atoms with E-state index in [9.17, 15) is 4.79 Å². The molecular weight excluding hydrogens is 340 g/mol. The van der Waals surface area contributed by atoms with E-state index in [1.165, 1.54) is 0 Å². The van der Waals surface area contributed by atoms with Crippen LogP contribution in [0.15, 0.2) is 47.8 Å². The summed E-state index contributed by atoms with van der Waals surface area (Å²) >= 11 is 7.75. The summed E-state index contributed by atoms with van der Waals surface area (Å²) in [5.74, 6) is -0.153. The van der Waals surface area contributed by atoms with Crippen LogP contribution in [0.1, 0.15) is 27.9 Å². The normalized spacial score (nSPS) is 10.6. The number of anilines is 1. The molecule has 0 radical (unpaired) electrons. The lowest BCUT2D eigenvalue weighted by Crippen LogP contribution is -2.12. The van der Waals surface area contributed by atoms with Gasteiger partial charge >= 0.3 is 0 Å². The number of rotatable bonds is 4. The fraction of sp³-hybridized carbons (Fsp3) is 0.158. The average molecular weight is 357 g/mol. The summed E-state index contributed by atoms with van der Waals surface area (Å²) in [4.78, 5) is 17.0. The lowest BCUT2D eigenvalue weighted by atomic mass is 10.1. The largest absolute Gasteiger partial charge is 0.322 e. The van der Waals surface area contributed by atoms with Gasteiger partial charge in [0, 0.05) is 27.2 Å². The van der Waals surface area contributed by atoms with Gasteiger partial charge < -0.3 is 5.32 Å². The van der Waals surface area contributed by atoms with Crippen molar-refractivity contribution in [2.45, 2.75) is 20.3 Å². The Labute approximate surface area is 150 Å². The number of nitrogens with one attached hydrogen (secondary N) is 1. The van der Waals surface area contributed by atoms with E-state index in [0.717, 1.165) is 33.9 Å². The molecule has 0 atom stereocenters. The molecule has 0 spiro atoms. The fourth-order valence-corrected chi connectivity index (χ4v) is 3.26. The fourth-order valence-electron chi connectivity index (χ4n) is 2.34. The summed E-state index contributed by atoms with van der Waals surface area (Å²) in [5, 5.41) is 6.70. The Morgan fingerprint density at radius 1 is 1.21 bits per heavy atom. The van der Waals surface area contributed by atoms with E-state index in [1.807, 2.05) is 48.7 Å². The van der Waals surface area contributed by atoms with Crippen LogP contribution in [0.2, 0.25) is 5.02 Å². The third-order valence-electron chi connectivity index (χ3n) is 3.81. The van der Waals surface area contributed by atoms with Crippen molar-refractivity contribution in [3.63, 3.8) is 0 Å². The van der Waals surface area contributed by atoms with Crippen molar-refractivity contribution in [3.8, 4) is 11.3 Å². The molecule has 0 saturated heterocycles. The summed E-state index contributed by atoms with van der Waals surface area (Å²) in [6.45, 7) is 3.97. The van der Waals surface area contributed by atoms with Crippen molar-refractivity contribution in [1.29, 1.82) is 0 Å². The van der Waals surface area contributed by atoms with Gasteiger partial charge in [0.2, 0.25) is 0 Å². The molecule has 0 aliphatic rings. The zero-order valence-electron chi connectivity index (χ0n) is 13.5. The number of halogens is 1. The second kappa shape index (κ2) is 7.16. The minimum Gasteiger partial charge on any atom is -0.322 e. The number of hydrogen-bond donors (Lipinski definition) is 1. The number of amides is 1. The Bertz CT molecular complexity index is 871. The molecule has 0 bridgehead atoms. The predicted octanol–water partition coefficient (Wildman–Crippen LogP) is 5.59. The Morgan fingerprint density at radius 2 is 1.96 bits per heavy atom. The lowest BCUT2D eigenvalue weighted by molar-refractivity contribution is 0.102. The van der Waals surface area contributed by atoms with Crippen molar-refractivity contribution in [2.24, 2.45) is 0 Å². The van der Waals surface area contributed by atoms with Crippen LogP contribution < -0.4 is 5.32 Å². The number of nitrogens with zero attached hydrogens (tertiary/aromatic N) is 1. The first-order valence-corrected chi connectivity index (χ1v) is 8.95. The molecule has 0 aliphatic heterocycles. The number of carbonyl (C=O) groups is 1. The van der Waals surface area contributed by atoms with E-state index in [4.69, 9.17) is 11.6 Å².